The highest BCUT2D eigenvalue weighted by Gasteiger charge is 2.34. The smallest absolute Gasteiger partial charge is 0.0254 e. The molecule has 96 valence electrons. The molecule has 1 fully saturated rings. The minimum Gasteiger partial charge on any atom is -0.319 e. The zero-order valence-electron chi connectivity index (χ0n) is 11.8. The van der Waals surface area contributed by atoms with E-state index in [1.54, 1.807) is 0 Å². The summed E-state index contributed by atoms with van der Waals surface area (Å²) in [6.45, 7) is 10.7. The summed E-state index contributed by atoms with van der Waals surface area (Å²) in [5.74, 6) is 1.51. The lowest BCUT2D eigenvalue weighted by Crippen LogP contribution is -2.41. The molecule has 1 heterocycles. The third-order valence-electron chi connectivity index (χ3n) is 4.19. The molecule has 0 aromatic rings. The van der Waals surface area contributed by atoms with Gasteiger partial charge in [-0.05, 0) is 46.4 Å². The van der Waals surface area contributed by atoms with E-state index in [2.05, 4.69) is 50.0 Å². The summed E-state index contributed by atoms with van der Waals surface area (Å²) in [6, 6.07) is 1.41. The van der Waals surface area contributed by atoms with Crippen molar-refractivity contribution in [3.05, 3.63) is 0 Å². The van der Waals surface area contributed by atoms with Gasteiger partial charge in [-0.25, -0.2) is 0 Å². The Balaban J connectivity index is 2.50. The molecule has 0 aliphatic carbocycles. The zero-order chi connectivity index (χ0) is 12.3. The molecule has 1 saturated heterocycles. The SMILES string of the molecule is CNCC(C)C(C)N1CC(C)C(N(C)C)C1. The fourth-order valence-electron chi connectivity index (χ4n) is 2.84. The third-order valence-corrected chi connectivity index (χ3v) is 4.19. The highest BCUT2D eigenvalue weighted by Crippen LogP contribution is 2.24. The summed E-state index contributed by atoms with van der Waals surface area (Å²) >= 11 is 0. The molecular weight excluding hydrogens is 198 g/mol. The first-order valence-corrected chi connectivity index (χ1v) is 6.52. The molecule has 1 rings (SSSR count). The molecule has 0 aromatic heterocycles. The van der Waals surface area contributed by atoms with Crippen molar-refractivity contribution in [2.45, 2.75) is 32.9 Å². The van der Waals surface area contributed by atoms with Crippen molar-refractivity contribution in [1.82, 2.24) is 15.1 Å². The number of nitrogens with one attached hydrogen (secondary N) is 1. The van der Waals surface area contributed by atoms with Crippen LogP contribution < -0.4 is 5.32 Å². The maximum atomic E-state index is 3.28. The standard InChI is InChI=1S/C13H29N3/c1-10(7-14-4)12(3)16-8-11(2)13(9-16)15(5)6/h10-14H,7-9H2,1-6H3. The zero-order valence-corrected chi connectivity index (χ0v) is 11.8. The minimum absolute atomic E-state index is 0.680. The molecule has 3 heteroatoms. The van der Waals surface area contributed by atoms with E-state index in [1.807, 2.05) is 7.05 Å². The minimum atomic E-state index is 0.680. The van der Waals surface area contributed by atoms with E-state index in [1.165, 1.54) is 13.1 Å². The summed E-state index contributed by atoms with van der Waals surface area (Å²) < 4.78 is 0. The van der Waals surface area contributed by atoms with Gasteiger partial charge >= 0.3 is 0 Å². The molecule has 0 radical (unpaired) electrons. The van der Waals surface area contributed by atoms with Crippen LogP contribution in [0.3, 0.4) is 0 Å². The fourth-order valence-corrected chi connectivity index (χ4v) is 2.84. The number of likely N-dealkylation sites (N-methyl/N-ethyl adjacent to an activating group) is 1. The van der Waals surface area contributed by atoms with Crippen molar-refractivity contribution in [2.75, 3.05) is 40.8 Å². The molecule has 0 spiro atoms. The molecule has 1 N–H and O–H groups in total. The maximum Gasteiger partial charge on any atom is 0.0254 e. The van der Waals surface area contributed by atoms with Crippen molar-refractivity contribution in [1.29, 1.82) is 0 Å². The summed E-state index contributed by atoms with van der Waals surface area (Å²) in [4.78, 5) is 5.03. The summed E-state index contributed by atoms with van der Waals surface area (Å²) in [6.07, 6.45) is 0. The Morgan fingerprint density at radius 3 is 2.38 bits per heavy atom. The van der Waals surface area contributed by atoms with Gasteiger partial charge in [-0.2, -0.15) is 0 Å². The van der Waals surface area contributed by atoms with Gasteiger partial charge in [-0.1, -0.05) is 13.8 Å². The Bertz CT molecular complexity index is 205. The van der Waals surface area contributed by atoms with Crippen LogP contribution in [0.5, 0.6) is 0 Å². The van der Waals surface area contributed by atoms with Gasteiger partial charge in [0.1, 0.15) is 0 Å². The second kappa shape index (κ2) is 5.99. The highest BCUT2D eigenvalue weighted by atomic mass is 15.3. The Kier molecular flexibility index (Phi) is 5.22. The highest BCUT2D eigenvalue weighted by molar-refractivity contribution is 4.90. The van der Waals surface area contributed by atoms with Gasteiger partial charge in [-0.3, -0.25) is 4.90 Å². The number of hydrogen-bond donors (Lipinski definition) is 1. The van der Waals surface area contributed by atoms with E-state index in [0.29, 0.717) is 6.04 Å². The number of rotatable bonds is 5. The van der Waals surface area contributed by atoms with Gasteiger partial charge in [0.25, 0.3) is 0 Å². The molecule has 1 aliphatic heterocycles. The van der Waals surface area contributed by atoms with Crippen LogP contribution in [0, 0.1) is 11.8 Å². The van der Waals surface area contributed by atoms with Gasteiger partial charge < -0.3 is 10.2 Å². The predicted octanol–water partition coefficient (Wildman–Crippen LogP) is 1.11. The van der Waals surface area contributed by atoms with E-state index < -0.39 is 0 Å². The van der Waals surface area contributed by atoms with Crippen molar-refractivity contribution in [2.24, 2.45) is 11.8 Å². The lowest BCUT2D eigenvalue weighted by atomic mass is 10.0. The monoisotopic (exact) mass is 227 g/mol. The van der Waals surface area contributed by atoms with Crippen molar-refractivity contribution in [3.63, 3.8) is 0 Å². The van der Waals surface area contributed by atoms with Crippen LogP contribution in [0.4, 0.5) is 0 Å². The van der Waals surface area contributed by atoms with Crippen LogP contribution in [-0.2, 0) is 0 Å². The van der Waals surface area contributed by atoms with Crippen LogP contribution >= 0.6 is 0 Å². The quantitative estimate of drug-likeness (QED) is 0.759. The average Bonchev–Trinajstić information content (AvgIpc) is 2.59. The number of nitrogens with zero attached hydrogens (tertiary/aromatic N) is 2. The largest absolute Gasteiger partial charge is 0.319 e. The lowest BCUT2D eigenvalue weighted by molar-refractivity contribution is 0.180. The van der Waals surface area contributed by atoms with Gasteiger partial charge in [0, 0.05) is 25.2 Å². The molecule has 0 aromatic carbocycles. The van der Waals surface area contributed by atoms with Crippen LogP contribution in [0.2, 0.25) is 0 Å². The first kappa shape index (κ1) is 13.9. The molecule has 1 aliphatic rings. The molecule has 0 bridgehead atoms. The summed E-state index contributed by atoms with van der Waals surface area (Å²) in [5.41, 5.74) is 0. The first-order chi connectivity index (χ1) is 7.47. The fraction of sp³-hybridized carbons (Fsp3) is 1.00. The Labute approximate surface area is 101 Å². The molecule has 16 heavy (non-hydrogen) atoms. The van der Waals surface area contributed by atoms with E-state index in [4.69, 9.17) is 0 Å². The number of hydrogen-bond acceptors (Lipinski definition) is 3. The van der Waals surface area contributed by atoms with E-state index in [0.717, 1.165) is 24.4 Å². The Hall–Kier alpha value is -0.120. The second-order valence-electron chi connectivity index (χ2n) is 5.74. The average molecular weight is 227 g/mol. The van der Waals surface area contributed by atoms with Crippen LogP contribution in [-0.4, -0.2) is 62.7 Å². The molecule has 4 atom stereocenters. The maximum absolute atomic E-state index is 3.28. The van der Waals surface area contributed by atoms with Crippen molar-refractivity contribution < 1.29 is 0 Å². The first-order valence-electron chi connectivity index (χ1n) is 6.52. The molecular formula is C13H29N3. The lowest BCUT2D eigenvalue weighted by Gasteiger charge is -2.30. The Morgan fingerprint density at radius 1 is 1.31 bits per heavy atom. The van der Waals surface area contributed by atoms with Crippen LogP contribution in [0.25, 0.3) is 0 Å². The Morgan fingerprint density at radius 2 is 1.94 bits per heavy atom. The third kappa shape index (κ3) is 3.19. The summed E-state index contributed by atoms with van der Waals surface area (Å²) in [7, 11) is 6.44. The van der Waals surface area contributed by atoms with E-state index >= 15 is 0 Å². The van der Waals surface area contributed by atoms with Gasteiger partial charge in [0.2, 0.25) is 0 Å². The molecule has 3 nitrogen and oxygen atoms in total. The topological polar surface area (TPSA) is 18.5 Å². The van der Waals surface area contributed by atoms with Gasteiger partial charge in [0.15, 0.2) is 0 Å². The summed E-state index contributed by atoms with van der Waals surface area (Å²) in [5, 5.41) is 3.28. The second-order valence-corrected chi connectivity index (χ2v) is 5.74. The molecule has 4 unspecified atom stereocenters. The molecule has 0 saturated carbocycles. The van der Waals surface area contributed by atoms with Gasteiger partial charge in [-0.15, -0.1) is 0 Å². The molecule has 0 amide bonds. The van der Waals surface area contributed by atoms with E-state index in [-0.39, 0.29) is 0 Å². The van der Waals surface area contributed by atoms with Gasteiger partial charge in [0.05, 0.1) is 0 Å². The van der Waals surface area contributed by atoms with Crippen LogP contribution in [0.15, 0.2) is 0 Å². The van der Waals surface area contributed by atoms with Crippen LogP contribution in [0.1, 0.15) is 20.8 Å². The van der Waals surface area contributed by atoms with Crippen molar-refractivity contribution >= 4 is 0 Å². The predicted molar refractivity (Wildman–Crippen MR) is 70.8 cm³/mol. The van der Waals surface area contributed by atoms with Crippen molar-refractivity contribution in [3.8, 4) is 0 Å². The van der Waals surface area contributed by atoms with E-state index in [9.17, 15) is 0 Å². The number of likely N-dealkylation sites (tertiary alicyclic amines) is 1. The normalized spacial score (nSPS) is 30.9.